The fraction of sp³-hybridized carbons (Fsp3) is 0.250. The number of hydrogen-bond acceptors (Lipinski definition) is 5. The Bertz CT molecular complexity index is 572. The lowest BCUT2D eigenvalue weighted by molar-refractivity contribution is -0.389. The van der Waals surface area contributed by atoms with Gasteiger partial charge in [-0.1, -0.05) is 0 Å². The van der Waals surface area contributed by atoms with Crippen LogP contribution in [0.15, 0.2) is 10.9 Å². The van der Waals surface area contributed by atoms with Crippen molar-refractivity contribution in [2.45, 2.75) is 12.8 Å². The molecule has 0 aromatic carbocycles. The predicted molar refractivity (Wildman–Crippen MR) is 49.7 cm³/mol. The van der Waals surface area contributed by atoms with Gasteiger partial charge in [0.05, 0.1) is 23.5 Å². The Morgan fingerprint density at radius 2 is 2.17 bits per heavy atom. The molecule has 1 rings (SSSR count). The average molecular weight is 263 g/mol. The van der Waals surface area contributed by atoms with Crippen molar-refractivity contribution >= 4 is 5.69 Å². The van der Waals surface area contributed by atoms with Gasteiger partial charge in [-0.3, -0.25) is 14.9 Å². The Morgan fingerprint density at radius 3 is 2.61 bits per heavy atom. The zero-order valence-electron chi connectivity index (χ0n) is 8.45. The van der Waals surface area contributed by atoms with E-state index in [-0.39, 0.29) is 0 Å². The highest BCUT2D eigenvalue weighted by atomic mass is 19.4. The van der Waals surface area contributed by atoms with E-state index in [1.54, 1.807) is 0 Å². The maximum atomic E-state index is 12.0. The summed E-state index contributed by atoms with van der Waals surface area (Å²) in [7, 11) is 0. The van der Waals surface area contributed by atoms with Crippen LogP contribution in [0.4, 0.5) is 18.9 Å². The number of H-pyrrole nitrogens is 1. The molecule has 0 radical (unpaired) electrons. The van der Waals surface area contributed by atoms with Crippen LogP contribution in [0.2, 0.25) is 0 Å². The third kappa shape index (κ3) is 3.21. The molecule has 0 saturated carbocycles. The lowest BCUT2D eigenvalue weighted by Gasteiger charge is -2.09. The zero-order chi connectivity index (χ0) is 13.9. The normalized spacial score (nSPS) is 10.8. The molecule has 0 aliphatic heterocycles. The molecule has 0 bridgehead atoms. The molecule has 1 aromatic heterocycles. The molecule has 0 aliphatic carbocycles. The monoisotopic (exact) mass is 263 g/mol. The number of nitrogens with zero attached hydrogens (tertiary/aromatic N) is 2. The summed E-state index contributed by atoms with van der Waals surface area (Å²) in [6.07, 6.45) is -5.80. The van der Waals surface area contributed by atoms with Crippen LogP contribution in [0.25, 0.3) is 0 Å². The van der Waals surface area contributed by atoms with Crippen LogP contribution in [0, 0.1) is 21.4 Å². The summed E-state index contributed by atoms with van der Waals surface area (Å²) in [5.41, 5.74) is -2.67. The van der Waals surface area contributed by atoms with Crippen molar-refractivity contribution in [3.63, 3.8) is 0 Å². The molecule has 18 heavy (non-hydrogen) atoms. The highest BCUT2D eigenvalue weighted by Crippen LogP contribution is 2.32. The van der Waals surface area contributed by atoms with Gasteiger partial charge in [-0.2, -0.15) is 5.26 Å². The topological polar surface area (TPSA) is 109 Å². The van der Waals surface area contributed by atoms with Crippen LogP contribution in [-0.2, 0) is 6.42 Å². The summed E-state index contributed by atoms with van der Waals surface area (Å²) in [6.45, 7) is 0. The van der Waals surface area contributed by atoms with Gasteiger partial charge in [0.2, 0.25) is 5.75 Å². The SMILES string of the molecule is N#CCc1[nH]c(=O)cc(OC(F)(F)F)c1[N+](=O)[O-]. The number of rotatable bonds is 3. The number of nitrogens with one attached hydrogen (secondary N) is 1. The minimum Gasteiger partial charge on any atom is -0.398 e. The summed E-state index contributed by atoms with van der Waals surface area (Å²) < 4.78 is 39.4. The first kappa shape index (κ1) is 13.5. The number of ether oxygens (including phenoxy) is 1. The first-order valence-electron chi connectivity index (χ1n) is 4.28. The number of halogens is 3. The van der Waals surface area contributed by atoms with Gasteiger partial charge in [-0.05, 0) is 0 Å². The van der Waals surface area contributed by atoms with Crippen LogP contribution in [0.1, 0.15) is 5.69 Å². The Morgan fingerprint density at radius 1 is 1.56 bits per heavy atom. The van der Waals surface area contributed by atoms with Gasteiger partial charge in [-0.15, -0.1) is 13.2 Å². The zero-order valence-corrected chi connectivity index (χ0v) is 8.45. The van der Waals surface area contributed by atoms with Gasteiger partial charge in [0.15, 0.2) is 0 Å². The van der Waals surface area contributed by atoms with E-state index >= 15 is 0 Å². The number of aromatic amines is 1. The lowest BCUT2D eigenvalue weighted by Crippen LogP contribution is -2.21. The van der Waals surface area contributed by atoms with Crippen LogP contribution >= 0.6 is 0 Å². The number of aromatic nitrogens is 1. The summed E-state index contributed by atoms with van der Waals surface area (Å²) >= 11 is 0. The molecule has 10 heteroatoms. The first-order valence-corrected chi connectivity index (χ1v) is 4.28. The fourth-order valence-corrected chi connectivity index (χ4v) is 1.19. The van der Waals surface area contributed by atoms with Crippen LogP contribution in [0.3, 0.4) is 0 Å². The van der Waals surface area contributed by atoms with E-state index in [1.165, 1.54) is 6.07 Å². The number of alkyl halides is 3. The van der Waals surface area contributed by atoms with Gasteiger partial charge in [-0.25, -0.2) is 0 Å². The molecule has 0 aliphatic rings. The molecule has 0 amide bonds. The van der Waals surface area contributed by atoms with Crippen molar-refractivity contribution < 1.29 is 22.8 Å². The number of pyridine rings is 1. The van der Waals surface area contributed by atoms with Crippen LogP contribution < -0.4 is 10.3 Å². The van der Waals surface area contributed by atoms with Gasteiger partial charge in [0.1, 0.15) is 5.69 Å². The summed E-state index contributed by atoms with van der Waals surface area (Å²) in [5, 5.41) is 19.0. The smallest absolute Gasteiger partial charge is 0.398 e. The Labute approximate surface area is 96.6 Å². The standard InChI is InChI=1S/C8H4F3N3O4/c9-8(10,11)18-5-3-6(15)13-4(1-2-12)7(5)14(16)17/h3H,1H2,(H,13,15). The third-order valence-electron chi connectivity index (χ3n) is 1.72. The van der Waals surface area contributed by atoms with Crippen LogP contribution in [0.5, 0.6) is 5.75 Å². The molecule has 1 aromatic rings. The fourth-order valence-electron chi connectivity index (χ4n) is 1.19. The molecule has 0 unspecified atom stereocenters. The highest BCUT2D eigenvalue weighted by molar-refractivity contribution is 5.50. The Kier molecular flexibility index (Phi) is 3.55. The molecule has 96 valence electrons. The molecule has 1 N–H and O–H groups in total. The quantitative estimate of drug-likeness (QED) is 0.651. The molecular weight excluding hydrogens is 259 g/mol. The molecule has 0 atom stereocenters. The van der Waals surface area contributed by atoms with E-state index in [1.807, 2.05) is 4.98 Å². The molecule has 0 fully saturated rings. The second-order valence-electron chi connectivity index (χ2n) is 2.96. The first-order chi connectivity index (χ1) is 8.24. The van der Waals surface area contributed by atoms with Gasteiger partial charge in [0.25, 0.3) is 5.56 Å². The second kappa shape index (κ2) is 4.74. The van der Waals surface area contributed by atoms with E-state index < -0.39 is 40.4 Å². The van der Waals surface area contributed by atoms with Gasteiger partial charge in [0, 0.05) is 0 Å². The highest BCUT2D eigenvalue weighted by Gasteiger charge is 2.36. The Balaban J connectivity index is 3.44. The minimum absolute atomic E-state index is 0.298. The molecule has 0 spiro atoms. The molecular formula is C8H4F3N3O4. The van der Waals surface area contributed by atoms with Crippen molar-refractivity contribution in [3.05, 3.63) is 32.2 Å². The minimum atomic E-state index is -5.18. The van der Waals surface area contributed by atoms with Crippen LogP contribution in [-0.4, -0.2) is 16.3 Å². The summed E-state index contributed by atoms with van der Waals surface area (Å²) in [5.74, 6) is -1.25. The van der Waals surface area contributed by atoms with Crippen molar-refractivity contribution in [3.8, 4) is 11.8 Å². The molecule has 7 nitrogen and oxygen atoms in total. The van der Waals surface area contributed by atoms with Gasteiger partial charge >= 0.3 is 12.0 Å². The number of nitriles is 1. The van der Waals surface area contributed by atoms with Crippen molar-refractivity contribution in [1.82, 2.24) is 4.98 Å². The van der Waals surface area contributed by atoms with E-state index in [9.17, 15) is 28.1 Å². The predicted octanol–water partition coefficient (Wildman–Crippen LogP) is 1.25. The molecule has 1 heterocycles. The number of hydrogen-bond donors (Lipinski definition) is 1. The van der Waals surface area contributed by atoms with E-state index in [0.29, 0.717) is 6.07 Å². The van der Waals surface area contributed by atoms with E-state index in [2.05, 4.69) is 4.74 Å². The van der Waals surface area contributed by atoms with Gasteiger partial charge < -0.3 is 9.72 Å². The third-order valence-corrected chi connectivity index (χ3v) is 1.72. The van der Waals surface area contributed by atoms with E-state index in [4.69, 9.17) is 5.26 Å². The number of nitro groups is 1. The summed E-state index contributed by atoms with van der Waals surface area (Å²) in [6, 6.07) is 1.78. The largest absolute Gasteiger partial charge is 0.573 e. The second-order valence-corrected chi connectivity index (χ2v) is 2.96. The summed E-state index contributed by atoms with van der Waals surface area (Å²) in [4.78, 5) is 22.4. The van der Waals surface area contributed by atoms with Crippen molar-refractivity contribution in [2.24, 2.45) is 0 Å². The van der Waals surface area contributed by atoms with Crippen molar-refractivity contribution in [1.29, 1.82) is 5.26 Å². The molecule has 0 saturated heterocycles. The maximum absolute atomic E-state index is 12.0. The lowest BCUT2D eigenvalue weighted by atomic mass is 10.2. The maximum Gasteiger partial charge on any atom is 0.573 e. The van der Waals surface area contributed by atoms with E-state index in [0.717, 1.165) is 0 Å². The van der Waals surface area contributed by atoms with Crippen molar-refractivity contribution in [2.75, 3.05) is 0 Å². The Hall–Kier alpha value is -2.57. The average Bonchev–Trinajstić information content (AvgIpc) is 2.13.